The third kappa shape index (κ3) is 5.28. The molecule has 0 saturated carbocycles. The van der Waals surface area contributed by atoms with Crippen molar-refractivity contribution in [3.8, 4) is 6.07 Å². The van der Waals surface area contributed by atoms with Crippen molar-refractivity contribution >= 4 is 23.0 Å². The molecule has 0 saturated heterocycles. The van der Waals surface area contributed by atoms with E-state index in [1.807, 2.05) is 31.2 Å². The molecule has 5 heteroatoms. The first kappa shape index (κ1) is 20.1. The number of hydrogen-bond acceptors (Lipinski definition) is 4. The van der Waals surface area contributed by atoms with E-state index in [4.69, 9.17) is 16.4 Å². The second-order valence-electron chi connectivity index (χ2n) is 5.99. The fourth-order valence-corrected chi connectivity index (χ4v) is 2.40. The summed E-state index contributed by atoms with van der Waals surface area (Å²) in [5.74, 6) is 0.399. The smallest absolute Gasteiger partial charge is 0.106 e. The molecule has 24 heavy (non-hydrogen) atoms. The molecule has 0 bridgehead atoms. The fourth-order valence-electron chi connectivity index (χ4n) is 2.17. The van der Waals surface area contributed by atoms with Gasteiger partial charge >= 0.3 is 0 Å². The zero-order valence-electron chi connectivity index (χ0n) is 15.1. The van der Waals surface area contributed by atoms with Gasteiger partial charge in [-0.15, -0.1) is 0 Å². The van der Waals surface area contributed by atoms with Crippen LogP contribution in [0.2, 0.25) is 5.02 Å². The number of nitrogens with zero attached hydrogens (tertiary/aromatic N) is 2. The largest absolute Gasteiger partial charge is 0.399 e. The number of nitriles is 1. The molecule has 0 heterocycles. The third-order valence-electron chi connectivity index (χ3n) is 3.85. The van der Waals surface area contributed by atoms with Crippen molar-refractivity contribution in [2.45, 2.75) is 46.6 Å². The van der Waals surface area contributed by atoms with E-state index in [2.05, 4.69) is 37.3 Å². The zero-order chi connectivity index (χ0) is 18.1. The summed E-state index contributed by atoms with van der Waals surface area (Å²) in [6.07, 6.45) is 1.52. The number of oxime groups is 1. The Bertz CT molecular complexity index is 644. The number of halogens is 1. The SMILES string of the molecule is CCCC(=N\OC)/C(C#N)=C(\NC(C)C(C)C)c1ccccc1Cl. The first-order chi connectivity index (χ1) is 11.5. The normalized spacial score (nSPS) is 14.0. The quantitative estimate of drug-likeness (QED) is 0.408. The fraction of sp³-hybridized carbons (Fsp3) is 0.474. The van der Waals surface area contributed by atoms with Crippen LogP contribution in [-0.2, 0) is 4.84 Å². The molecule has 1 unspecified atom stereocenters. The van der Waals surface area contributed by atoms with Crippen molar-refractivity contribution in [1.29, 1.82) is 5.26 Å². The molecule has 1 aromatic carbocycles. The molecule has 0 radical (unpaired) electrons. The van der Waals surface area contributed by atoms with Crippen LogP contribution >= 0.6 is 11.6 Å². The molecule has 1 rings (SSSR count). The van der Waals surface area contributed by atoms with Crippen LogP contribution in [0, 0.1) is 17.2 Å². The Morgan fingerprint density at radius 2 is 2.00 bits per heavy atom. The lowest BCUT2D eigenvalue weighted by atomic mass is 9.98. The van der Waals surface area contributed by atoms with Crippen LogP contribution in [0.5, 0.6) is 0 Å². The molecule has 4 nitrogen and oxygen atoms in total. The molecule has 0 aliphatic carbocycles. The summed E-state index contributed by atoms with van der Waals surface area (Å²) < 4.78 is 0. The Morgan fingerprint density at radius 3 is 2.50 bits per heavy atom. The van der Waals surface area contributed by atoms with Crippen molar-refractivity contribution in [2.75, 3.05) is 7.11 Å². The van der Waals surface area contributed by atoms with Gasteiger partial charge in [-0.1, -0.05) is 62.1 Å². The Hall–Kier alpha value is -1.99. The van der Waals surface area contributed by atoms with Crippen molar-refractivity contribution in [3.05, 3.63) is 40.4 Å². The third-order valence-corrected chi connectivity index (χ3v) is 4.18. The van der Waals surface area contributed by atoms with Crippen molar-refractivity contribution in [1.82, 2.24) is 5.32 Å². The summed E-state index contributed by atoms with van der Waals surface area (Å²) in [6, 6.07) is 9.97. The van der Waals surface area contributed by atoms with Crippen LogP contribution in [0.25, 0.3) is 5.70 Å². The summed E-state index contributed by atoms with van der Waals surface area (Å²) in [6.45, 7) is 8.39. The number of nitrogens with one attached hydrogen (secondary N) is 1. The second-order valence-corrected chi connectivity index (χ2v) is 6.40. The Labute approximate surface area is 150 Å². The van der Waals surface area contributed by atoms with Gasteiger partial charge in [-0.05, 0) is 25.3 Å². The molecular weight excluding hydrogens is 322 g/mol. The Kier molecular flexibility index (Phi) is 8.35. The minimum atomic E-state index is 0.171. The van der Waals surface area contributed by atoms with Crippen molar-refractivity contribution in [2.24, 2.45) is 11.1 Å². The molecule has 0 spiro atoms. The number of hydrogen-bond donors (Lipinski definition) is 1. The molecule has 0 aliphatic heterocycles. The molecule has 130 valence electrons. The van der Waals surface area contributed by atoms with Crippen LogP contribution in [0.15, 0.2) is 35.0 Å². The molecule has 0 aliphatic rings. The molecule has 0 aromatic heterocycles. The van der Waals surface area contributed by atoms with Crippen LogP contribution in [0.1, 0.15) is 46.1 Å². The second kappa shape index (κ2) is 10.00. The number of allylic oxidation sites excluding steroid dienone is 1. The van der Waals surface area contributed by atoms with Gasteiger partial charge < -0.3 is 10.2 Å². The lowest BCUT2D eigenvalue weighted by Gasteiger charge is -2.23. The molecule has 0 fully saturated rings. The van der Waals surface area contributed by atoms with Gasteiger partial charge in [-0.2, -0.15) is 5.26 Å². The minimum absolute atomic E-state index is 0.171. The minimum Gasteiger partial charge on any atom is -0.399 e. The maximum Gasteiger partial charge on any atom is 0.106 e. The van der Waals surface area contributed by atoms with Crippen LogP contribution < -0.4 is 5.32 Å². The highest BCUT2D eigenvalue weighted by molar-refractivity contribution is 6.32. The van der Waals surface area contributed by atoms with Gasteiger partial charge in [-0.25, -0.2) is 0 Å². The van der Waals surface area contributed by atoms with E-state index in [1.54, 1.807) is 0 Å². The topological polar surface area (TPSA) is 57.4 Å². The average molecular weight is 348 g/mol. The van der Waals surface area contributed by atoms with Crippen LogP contribution in [0.4, 0.5) is 0 Å². The van der Waals surface area contributed by atoms with E-state index in [0.717, 1.165) is 12.0 Å². The van der Waals surface area contributed by atoms with E-state index >= 15 is 0 Å². The molecule has 1 N–H and O–H groups in total. The van der Waals surface area contributed by atoms with Gasteiger partial charge in [0.15, 0.2) is 0 Å². The summed E-state index contributed by atoms with van der Waals surface area (Å²) in [4.78, 5) is 4.95. The van der Waals surface area contributed by atoms with Gasteiger partial charge in [0.2, 0.25) is 0 Å². The molecule has 1 atom stereocenters. The van der Waals surface area contributed by atoms with E-state index in [1.165, 1.54) is 7.11 Å². The van der Waals surface area contributed by atoms with Crippen molar-refractivity contribution in [3.63, 3.8) is 0 Å². The highest BCUT2D eigenvalue weighted by atomic mass is 35.5. The van der Waals surface area contributed by atoms with Crippen LogP contribution in [-0.4, -0.2) is 18.9 Å². The number of benzene rings is 1. The summed E-state index contributed by atoms with van der Waals surface area (Å²) in [7, 11) is 1.49. The maximum atomic E-state index is 9.80. The monoisotopic (exact) mass is 347 g/mol. The molecular formula is C19H26ClN3O. The van der Waals surface area contributed by atoms with E-state index in [9.17, 15) is 5.26 Å². The van der Waals surface area contributed by atoms with Crippen LogP contribution in [0.3, 0.4) is 0 Å². The standard InChI is InChI=1S/C19H26ClN3O/c1-6-9-18(23-24-5)16(12-21)19(22-14(4)13(2)3)15-10-7-8-11-17(15)20/h7-8,10-11,13-14,22H,6,9H2,1-5H3/b19-16-,23-18+. The molecule has 0 amide bonds. The highest BCUT2D eigenvalue weighted by Crippen LogP contribution is 2.27. The average Bonchev–Trinajstić information content (AvgIpc) is 2.55. The zero-order valence-corrected chi connectivity index (χ0v) is 15.8. The Balaban J connectivity index is 3.55. The highest BCUT2D eigenvalue weighted by Gasteiger charge is 2.20. The summed E-state index contributed by atoms with van der Waals surface area (Å²) in [5, 5.41) is 17.9. The van der Waals surface area contributed by atoms with E-state index in [0.29, 0.717) is 34.3 Å². The first-order valence-corrected chi connectivity index (χ1v) is 8.60. The van der Waals surface area contributed by atoms with Gasteiger partial charge in [0.05, 0.1) is 11.4 Å². The van der Waals surface area contributed by atoms with Gasteiger partial charge in [-0.3, -0.25) is 0 Å². The molecule has 1 aromatic rings. The van der Waals surface area contributed by atoms with E-state index < -0.39 is 0 Å². The first-order valence-electron chi connectivity index (χ1n) is 8.22. The van der Waals surface area contributed by atoms with Gasteiger partial charge in [0.1, 0.15) is 18.8 Å². The summed E-state index contributed by atoms with van der Waals surface area (Å²) in [5.41, 5.74) is 2.59. The lowest BCUT2D eigenvalue weighted by molar-refractivity contribution is 0.213. The predicted octanol–water partition coefficient (Wildman–Crippen LogP) is 5.01. The van der Waals surface area contributed by atoms with Gasteiger partial charge in [0, 0.05) is 16.6 Å². The van der Waals surface area contributed by atoms with E-state index in [-0.39, 0.29) is 6.04 Å². The van der Waals surface area contributed by atoms with Crippen molar-refractivity contribution < 1.29 is 4.84 Å². The predicted molar refractivity (Wildman–Crippen MR) is 101 cm³/mol. The Morgan fingerprint density at radius 1 is 1.33 bits per heavy atom. The van der Waals surface area contributed by atoms with Gasteiger partial charge in [0.25, 0.3) is 0 Å². The number of rotatable bonds is 8. The maximum absolute atomic E-state index is 9.80. The lowest BCUT2D eigenvalue weighted by Crippen LogP contribution is -2.31. The summed E-state index contributed by atoms with van der Waals surface area (Å²) >= 11 is 6.39.